The molecule has 4 rings (SSSR count). The van der Waals surface area contributed by atoms with Gasteiger partial charge < -0.3 is 15.0 Å². The fourth-order valence-electron chi connectivity index (χ4n) is 3.16. The van der Waals surface area contributed by atoms with E-state index in [1.807, 2.05) is 68.4 Å². The maximum absolute atomic E-state index is 11.3. The number of fused-ring (bicyclic) bond motifs is 1. The highest BCUT2D eigenvalue weighted by atomic mass is 16.5. The van der Waals surface area contributed by atoms with Gasteiger partial charge in [-0.15, -0.1) is 0 Å². The number of pyridine rings is 1. The Morgan fingerprint density at radius 3 is 2.62 bits per heavy atom. The predicted octanol–water partition coefficient (Wildman–Crippen LogP) is 5.04. The summed E-state index contributed by atoms with van der Waals surface area (Å²) < 4.78 is 5.78. The van der Waals surface area contributed by atoms with Gasteiger partial charge in [0.2, 0.25) is 5.91 Å². The van der Waals surface area contributed by atoms with Crippen LogP contribution in [0.2, 0.25) is 0 Å². The number of anilines is 1. The molecule has 146 valence electrons. The van der Waals surface area contributed by atoms with Gasteiger partial charge in [0.05, 0.1) is 11.6 Å². The second-order valence-electron chi connectivity index (χ2n) is 7.14. The van der Waals surface area contributed by atoms with Crippen LogP contribution in [-0.2, 0) is 4.79 Å². The molecular formula is C23H22N4O2. The maximum Gasteiger partial charge on any atom is 0.221 e. The number of imidazole rings is 1. The number of amides is 1. The van der Waals surface area contributed by atoms with Crippen molar-refractivity contribution < 1.29 is 9.53 Å². The predicted molar refractivity (Wildman–Crippen MR) is 115 cm³/mol. The van der Waals surface area contributed by atoms with Crippen molar-refractivity contribution in [1.29, 1.82) is 0 Å². The molecule has 29 heavy (non-hydrogen) atoms. The summed E-state index contributed by atoms with van der Waals surface area (Å²) in [6.07, 6.45) is 1.90. The number of hydrogen-bond donors (Lipinski definition) is 2. The smallest absolute Gasteiger partial charge is 0.221 e. The number of ether oxygens (including phenoxy) is 1. The summed E-state index contributed by atoms with van der Waals surface area (Å²) >= 11 is 0. The molecule has 0 unspecified atom stereocenters. The van der Waals surface area contributed by atoms with E-state index in [-0.39, 0.29) is 12.0 Å². The third-order valence-corrected chi connectivity index (χ3v) is 4.33. The summed E-state index contributed by atoms with van der Waals surface area (Å²) in [6, 6.07) is 17.5. The maximum atomic E-state index is 11.3. The van der Waals surface area contributed by atoms with E-state index in [9.17, 15) is 4.79 Å². The van der Waals surface area contributed by atoms with Gasteiger partial charge in [-0.25, -0.2) is 9.97 Å². The Morgan fingerprint density at radius 2 is 1.83 bits per heavy atom. The second kappa shape index (κ2) is 7.75. The van der Waals surface area contributed by atoms with E-state index >= 15 is 0 Å². The van der Waals surface area contributed by atoms with Crippen molar-refractivity contribution in [3.63, 3.8) is 0 Å². The lowest BCUT2D eigenvalue weighted by Crippen LogP contribution is -2.05. The SMILES string of the molecule is CC(=O)Nc1cccc(-c2cnc3nc(-c4cccc(OC(C)C)c4)[nH]c3c2)c1. The Kier molecular flexibility index (Phi) is 4.99. The van der Waals surface area contributed by atoms with Gasteiger partial charge in [-0.2, -0.15) is 0 Å². The summed E-state index contributed by atoms with van der Waals surface area (Å²) in [5.74, 6) is 1.45. The number of benzene rings is 2. The van der Waals surface area contributed by atoms with Crippen molar-refractivity contribution in [2.75, 3.05) is 5.32 Å². The number of rotatable bonds is 5. The van der Waals surface area contributed by atoms with E-state index in [2.05, 4.69) is 20.3 Å². The number of H-pyrrole nitrogens is 1. The molecule has 0 atom stereocenters. The fraction of sp³-hybridized carbons (Fsp3) is 0.174. The average molecular weight is 386 g/mol. The summed E-state index contributed by atoms with van der Waals surface area (Å²) in [5.41, 5.74) is 5.10. The minimum absolute atomic E-state index is 0.0994. The van der Waals surface area contributed by atoms with Gasteiger partial charge in [-0.05, 0) is 49.7 Å². The first-order chi connectivity index (χ1) is 14.0. The number of carbonyl (C=O) groups excluding carboxylic acids is 1. The first-order valence-corrected chi connectivity index (χ1v) is 9.49. The van der Waals surface area contributed by atoms with Crippen LogP contribution in [0.4, 0.5) is 5.69 Å². The largest absolute Gasteiger partial charge is 0.491 e. The van der Waals surface area contributed by atoms with E-state index in [0.29, 0.717) is 5.65 Å². The number of carbonyl (C=O) groups is 1. The molecule has 0 aliphatic carbocycles. The van der Waals surface area contributed by atoms with Crippen LogP contribution in [0.25, 0.3) is 33.7 Å². The highest BCUT2D eigenvalue weighted by Crippen LogP contribution is 2.27. The lowest BCUT2D eigenvalue weighted by Gasteiger charge is -2.10. The number of nitrogens with zero attached hydrogens (tertiary/aromatic N) is 2. The number of aromatic nitrogens is 3. The average Bonchev–Trinajstić information content (AvgIpc) is 3.11. The van der Waals surface area contributed by atoms with Gasteiger partial charge in [-0.1, -0.05) is 24.3 Å². The van der Waals surface area contributed by atoms with Crippen LogP contribution in [0.5, 0.6) is 5.75 Å². The molecule has 2 N–H and O–H groups in total. The van der Waals surface area contributed by atoms with Crippen LogP contribution in [0.1, 0.15) is 20.8 Å². The summed E-state index contributed by atoms with van der Waals surface area (Å²) in [7, 11) is 0. The van der Waals surface area contributed by atoms with Crippen LogP contribution >= 0.6 is 0 Å². The van der Waals surface area contributed by atoms with Crippen LogP contribution in [0, 0.1) is 0 Å². The van der Waals surface area contributed by atoms with E-state index in [1.54, 1.807) is 6.20 Å². The van der Waals surface area contributed by atoms with Crippen LogP contribution in [-0.4, -0.2) is 27.0 Å². The zero-order valence-corrected chi connectivity index (χ0v) is 16.6. The van der Waals surface area contributed by atoms with E-state index in [0.717, 1.165) is 39.5 Å². The van der Waals surface area contributed by atoms with E-state index < -0.39 is 0 Å². The van der Waals surface area contributed by atoms with E-state index in [4.69, 9.17) is 4.74 Å². The quantitative estimate of drug-likeness (QED) is 0.504. The van der Waals surface area contributed by atoms with Gasteiger partial charge in [0.1, 0.15) is 11.6 Å². The highest BCUT2D eigenvalue weighted by molar-refractivity contribution is 5.90. The van der Waals surface area contributed by atoms with Crippen molar-refractivity contribution >= 4 is 22.8 Å². The van der Waals surface area contributed by atoms with Crippen LogP contribution in [0.3, 0.4) is 0 Å². The topological polar surface area (TPSA) is 79.9 Å². The third-order valence-electron chi connectivity index (χ3n) is 4.33. The van der Waals surface area contributed by atoms with Gasteiger partial charge in [0, 0.05) is 29.9 Å². The van der Waals surface area contributed by atoms with Crippen molar-refractivity contribution in [2.45, 2.75) is 26.9 Å². The van der Waals surface area contributed by atoms with Gasteiger partial charge >= 0.3 is 0 Å². The zero-order valence-electron chi connectivity index (χ0n) is 16.6. The Morgan fingerprint density at radius 1 is 1.03 bits per heavy atom. The molecule has 0 aliphatic heterocycles. The van der Waals surface area contributed by atoms with Crippen molar-refractivity contribution in [1.82, 2.24) is 15.0 Å². The highest BCUT2D eigenvalue weighted by Gasteiger charge is 2.10. The molecule has 4 aromatic rings. The molecule has 0 radical (unpaired) electrons. The third kappa shape index (κ3) is 4.27. The lowest BCUT2D eigenvalue weighted by molar-refractivity contribution is -0.114. The van der Waals surface area contributed by atoms with Crippen LogP contribution < -0.4 is 10.1 Å². The molecule has 0 saturated heterocycles. The molecule has 2 aromatic carbocycles. The molecular weight excluding hydrogens is 364 g/mol. The van der Waals surface area contributed by atoms with Crippen molar-refractivity contribution in [3.8, 4) is 28.3 Å². The first-order valence-electron chi connectivity index (χ1n) is 9.49. The number of aromatic amines is 1. The Hall–Kier alpha value is -3.67. The molecule has 6 nitrogen and oxygen atoms in total. The Bertz CT molecular complexity index is 1180. The lowest BCUT2D eigenvalue weighted by atomic mass is 10.1. The number of hydrogen-bond acceptors (Lipinski definition) is 4. The molecule has 0 bridgehead atoms. The van der Waals surface area contributed by atoms with Crippen molar-refractivity contribution in [3.05, 3.63) is 60.8 Å². The second-order valence-corrected chi connectivity index (χ2v) is 7.14. The Labute approximate surface area is 169 Å². The minimum atomic E-state index is -0.0994. The summed E-state index contributed by atoms with van der Waals surface area (Å²) in [5, 5.41) is 2.81. The van der Waals surface area contributed by atoms with Crippen molar-refractivity contribution in [2.24, 2.45) is 0 Å². The summed E-state index contributed by atoms with van der Waals surface area (Å²) in [4.78, 5) is 23.8. The fourth-order valence-corrected chi connectivity index (χ4v) is 3.16. The molecule has 0 spiro atoms. The van der Waals surface area contributed by atoms with Gasteiger partial charge in [0.25, 0.3) is 0 Å². The monoisotopic (exact) mass is 386 g/mol. The first kappa shape index (κ1) is 18.7. The normalized spacial score (nSPS) is 11.0. The zero-order chi connectivity index (χ0) is 20.4. The molecule has 6 heteroatoms. The Balaban J connectivity index is 1.67. The van der Waals surface area contributed by atoms with Gasteiger partial charge in [0.15, 0.2) is 5.65 Å². The molecule has 0 saturated carbocycles. The minimum Gasteiger partial charge on any atom is -0.491 e. The number of nitrogens with one attached hydrogen (secondary N) is 2. The molecule has 0 aliphatic rings. The molecule has 2 heterocycles. The molecule has 2 aromatic heterocycles. The van der Waals surface area contributed by atoms with E-state index in [1.165, 1.54) is 6.92 Å². The molecule has 1 amide bonds. The summed E-state index contributed by atoms with van der Waals surface area (Å²) in [6.45, 7) is 5.49. The molecule has 0 fully saturated rings. The van der Waals surface area contributed by atoms with Gasteiger partial charge in [-0.3, -0.25) is 4.79 Å². The standard InChI is InChI=1S/C23H22N4O2/c1-14(2)29-20-9-5-7-17(11-20)22-26-21-12-18(13-24-23(21)27-22)16-6-4-8-19(10-16)25-15(3)28/h4-14H,1-3H3,(H,25,28)(H,24,26,27). The van der Waals surface area contributed by atoms with Crippen LogP contribution in [0.15, 0.2) is 60.8 Å².